The molecule has 4 nitrogen and oxygen atoms in total. The van der Waals surface area contributed by atoms with Crippen molar-refractivity contribution in [2.45, 2.75) is 13.0 Å². The fourth-order valence-corrected chi connectivity index (χ4v) is 3.49. The van der Waals surface area contributed by atoms with Crippen LogP contribution in [0.5, 0.6) is 5.75 Å². The first kappa shape index (κ1) is 13.3. The van der Waals surface area contributed by atoms with E-state index < -0.39 is 0 Å². The second kappa shape index (κ2) is 5.42. The van der Waals surface area contributed by atoms with Crippen LogP contribution in [-0.2, 0) is 13.0 Å². The van der Waals surface area contributed by atoms with Gasteiger partial charge in [-0.3, -0.25) is 4.79 Å². The number of rotatable bonds is 3. The summed E-state index contributed by atoms with van der Waals surface area (Å²) in [6, 6.07) is 11.6. The van der Waals surface area contributed by atoms with Crippen molar-refractivity contribution in [1.82, 2.24) is 10.3 Å². The Hall–Kier alpha value is -2.40. The summed E-state index contributed by atoms with van der Waals surface area (Å²) in [6.45, 7) is 1.21. The topological polar surface area (TPSA) is 51.2 Å². The Morgan fingerprint density at radius 2 is 2.27 bits per heavy atom. The van der Waals surface area contributed by atoms with E-state index >= 15 is 0 Å². The van der Waals surface area contributed by atoms with Crippen LogP contribution in [0, 0.1) is 0 Å². The van der Waals surface area contributed by atoms with Gasteiger partial charge in [0.05, 0.1) is 22.3 Å². The van der Waals surface area contributed by atoms with Gasteiger partial charge in [-0.05, 0) is 35.4 Å². The van der Waals surface area contributed by atoms with Gasteiger partial charge in [-0.15, -0.1) is 11.3 Å². The number of nitrogens with zero attached hydrogens (tertiary/aromatic N) is 1. The maximum absolute atomic E-state index is 12.3. The van der Waals surface area contributed by atoms with E-state index in [0.717, 1.165) is 33.5 Å². The fourth-order valence-electron chi connectivity index (χ4n) is 2.69. The number of carbonyl (C=O) groups is 1. The highest BCUT2D eigenvalue weighted by molar-refractivity contribution is 7.16. The number of ether oxygens (including phenoxy) is 1. The van der Waals surface area contributed by atoms with Crippen molar-refractivity contribution in [2.24, 2.45) is 0 Å². The van der Waals surface area contributed by atoms with Gasteiger partial charge >= 0.3 is 0 Å². The Morgan fingerprint density at radius 1 is 1.32 bits per heavy atom. The lowest BCUT2D eigenvalue weighted by Gasteiger charge is -2.07. The van der Waals surface area contributed by atoms with Crippen LogP contribution in [-0.4, -0.2) is 17.5 Å². The number of thiazole rings is 1. The molecule has 3 aromatic rings. The van der Waals surface area contributed by atoms with Crippen LogP contribution >= 0.6 is 11.3 Å². The molecule has 1 amide bonds. The molecule has 110 valence electrons. The minimum absolute atomic E-state index is 0.0591. The highest BCUT2D eigenvalue weighted by Crippen LogP contribution is 2.26. The number of nitrogens with one attached hydrogen (secondary N) is 1. The zero-order valence-electron chi connectivity index (χ0n) is 11.8. The van der Waals surface area contributed by atoms with Crippen molar-refractivity contribution in [2.75, 3.05) is 6.61 Å². The molecule has 4 rings (SSSR count). The number of amides is 1. The predicted molar refractivity (Wildman–Crippen MR) is 86.4 cm³/mol. The normalized spacial score (nSPS) is 12.9. The Kier molecular flexibility index (Phi) is 3.27. The number of fused-ring (bicyclic) bond motifs is 2. The van der Waals surface area contributed by atoms with Crippen LogP contribution in [0.25, 0.3) is 10.2 Å². The van der Waals surface area contributed by atoms with Gasteiger partial charge in [0.15, 0.2) is 0 Å². The summed E-state index contributed by atoms with van der Waals surface area (Å²) in [5.74, 6) is 0.835. The SMILES string of the molecule is O=C(NCc1cccc2ncsc12)c1ccc2c(c1)CCO2. The molecule has 0 unspecified atom stereocenters. The molecule has 0 saturated heterocycles. The monoisotopic (exact) mass is 310 g/mol. The maximum atomic E-state index is 12.3. The summed E-state index contributed by atoms with van der Waals surface area (Å²) >= 11 is 1.60. The minimum atomic E-state index is -0.0591. The summed E-state index contributed by atoms with van der Waals surface area (Å²) in [4.78, 5) is 16.6. The summed E-state index contributed by atoms with van der Waals surface area (Å²) < 4.78 is 6.59. The lowest BCUT2D eigenvalue weighted by Crippen LogP contribution is -2.22. The first-order chi connectivity index (χ1) is 10.8. The fraction of sp³-hybridized carbons (Fsp3) is 0.176. The second-order valence-corrected chi connectivity index (χ2v) is 6.08. The molecule has 1 aromatic heterocycles. The third-order valence-corrected chi connectivity index (χ3v) is 4.75. The Bertz CT molecular complexity index is 857. The van der Waals surface area contributed by atoms with Crippen molar-refractivity contribution in [3.8, 4) is 5.75 Å². The molecule has 0 spiro atoms. The molecule has 0 saturated carbocycles. The summed E-state index contributed by atoms with van der Waals surface area (Å²) in [5.41, 5.74) is 5.69. The molecule has 0 bridgehead atoms. The second-order valence-electron chi connectivity index (χ2n) is 5.22. The van der Waals surface area contributed by atoms with Gasteiger partial charge < -0.3 is 10.1 Å². The van der Waals surface area contributed by atoms with E-state index in [0.29, 0.717) is 18.7 Å². The van der Waals surface area contributed by atoms with Crippen molar-refractivity contribution in [3.05, 3.63) is 58.6 Å². The molecule has 0 fully saturated rings. The molecule has 0 atom stereocenters. The third-order valence-electron chi connectivity index (χ3n) is 3.83. The molecule has 2 aromatic carbocycles. The molecular weight excluding hydrogens is 296 g/mol. The number of hydrogen-bond acceptors (Lipinski definition) is 4. The van der Waals surface area contributed by atoms with Crippen molar-refractivity contribution >= 4 is 27.5 Å². The lowest BCUT2D eigenvalue weighted by molar-refractivity contribution is 0.0951. The highest BCUT2D eigenvalue weighted by atomic mass is 32.1. The van der Waals surface area contributed by atoms with E-state index in [4.69, 9.17) is 4.74 Å². The average molecular weight is 310 g/mol. The minimum Gasteiger partial charge on any atom is -0.493 e. The largest absolute Gasteiger partial charge is 0.493 e. The van der Waals surface area contributed by atoms with E-state index in [1.807, 2.05) is 41.9 Å². The molecule has 0 aliphatic carbocycles. The first-order valence-electron chi connectivity index (χ1n) is 7.16. The molecule has 1 aliphatic heterocycles. The van der Waals surface area contributed by atoms with E-state index in [9.17, 15) is 4.79 Å². The molecule has 2 heterocycles. The van der Waals surface area contributed by atoms with Crippen LogP contribution in [0.1, 0.15) is 21.5 Å². The van der Waals surface area contributed by atoms with Gasteiger partial charge in [0.25, 0.3) is 5.91 Å². The molecule has 1 N–H and O–H groups in total. The zero-order chi connectivity index (χ0) is 14.9. The Labute approximate surface area is 131 Å². The number of aromatic nitrogens is 1. The van der Waals surface area contributed by atoms with Gasteiger partial charge in [-0.1, -0.05) is 12.1 Å². The standard InChI is InChI=1S/C17H14N2O2S/c20-17(12-4-5-15-11(8-12)6-7-21-15)18-9-13-2-1-3-14-16(13)22-10-19-14/h1-5,8,10H,6-7,9H2,(H,18,20). The Balaban J connectivity index is 1.52. The van der Waals surface area contributed by atoms with Crippen molar-refractivity contribution in [3.63, 3.8) is 0 Å². The van der Waals surface area contributed by atoms with E-state index in [1.54, 1.807) is 11.3 Å². The van der Waals surface area contributed by atoms with Gasteiger partial charge in [-0.2, -0.15) is 0 Å². The van der Waals surface area contributed by atoms with E-state index in [1.165, 1.54) is 0 Å². The van der Waals surface area contributed by atoms with Gasteiger partial charge in [0, 0.05) is 18.5 Å². The first-order valence-corrected chi connectivity index (χ1v) is 8.04. The van der Waals surface area contributed by atoms with Crippen molar-refractivity contribution in [1.29, 1.82) is 0 Å². The number of hydrogen-bond donors (Lipinski definition) is 1. The number of benzene rings is 2. The molecular formula is C17H14N2O2S. The van der Waals surface area contributed by atoms with Gasteiger partial charge in [0.1, 0.15) is 5.75 Å². The van der Waals surface area contributed by atoms with Gasteiger partial charge in [0.2, 0.25) is 0 Å². The number of carbonyl (C=O) groups excluding carboxylic acids is 1. The van der Waals surface area contributed by atoms with E-state index in [2.05, 4.69) is 10.3 Å². The summed E-state index contributed by atoms with van der Waals surface area (Å²) in [5, 5.41) is 2.99. The molecule has 1 aliphatic rings. The predicted octanol–water partition coefficient (Wildman–Crippen LogP) is 3.16. The van der Waals surface area contributed by atoms with Crippen molar-refractivity contribution < 1.29 is 9.53 Å². The average Bonchev–Trinajstić information content (AvgIpc) is 3.20. The Morgan fingerprint density at radius 3 is 3.23 bits per heavy atom. The third kappa shape index (κ3) is 2.33. The van der Waals surface area contributed by atoms with Crippen LogP contribution in [0.4, 0.5) is 0 Å². The zero-order valence-corrected chi connectivity index (χ0v) is 12.7. The van der Waals surface area contributed by atoms with Crippen LogP contribution in [0.3, 0.4) is 0 Å². The molecule has 0 radical (unpaired) electrons. The van der Waals surface area contributed by atoms with Crippen LogP contribution < -0.4 is 10.1 Å². The molecule has 5 heteroatoms. The molecule has 22 heavy (non-hydrogen) atoms. The smallest absolute Gasteiger partial charge is 0.251 e. The lowest BCUT2D eigenvalue weighted by atomic mass is 10.1. The maximum Gasteiger partial charge on any atom is 0.251 e. The van der Waals surface area contributed by atoms with Crippen LogP contribution in [0.2, 0.25) is 0 Å². The summed E-state index contributed by atoms with van der Waals surface area (Å²) in [7, 11) is 0. The van der Waals surface area contributed by atoms with Crippen LogP contribution in [0.15, 0.2) is 41.9 Å². The van der Waals surface area contributed by atoms with Gasteiger partial charge in [-0.25, -0.2) is 4.98 Å². The summed E-state index contributed by atoms with van der Waals surface area (Å²) in [6.07, 6.45) is 0.872. The highest BCUT2D eigenvalue weighted by Gasteiger charge is 2.15. The van der Waals surface area contributed by atoms with E-state index in [-0.39, 0.29) is 5.91 Å². The quantitative estimate of drug-likeness (QED) is 0.808.